The van der Waals surface area contributed by atoms with Gasteiger partial charge in [-0.2, -0.15) is 0 Å². The molecule has 2 aliphatic rings. The van der Waals surface area contributed by atoms with Crippen LogP contribution in [0.25, 0.3) is 0 Å². The Balaban J connectivity index is 2.45. The molecular weight excluding hydrogens is 334 g/mol. The molecule has 0 radical (unpaired) electrons. The standard InChI is InChI=1S/C13H15Cl2FN4O2/c1-17-13(20-2-3-22-6-8(21)5-20)9-4-18-12(15)10(16)11(9)19-7-14/h4,8,21H,1-3,5-7H2/b13-9+,19-11+. The molecule has 0 bridgehead atoms. The average molecular weight is 349 g/mol. The van der Waals surface area contributed by atoms with Crippen LogP contribution in [0.4, 0.5) is 4.39 Å². The topological polar surface area (TPSA) is 69.8 Å². The second-order valence-corrected chi connectivity index (χ2v) is 5.16. The zero-order valence-corrected chi connectivity index (χ0v) is 13.2. The fourth-order valence-corrected chi connectivity index (χ4v) is 2.43. The Bertz CT molecular complexity index is 574. The Labute approximate surface area is 137 Å². The predicted octanol–water partition coefficient (Wildman–Crippen LogP) is 1.69. The van der Waals surface area contributed by atoms with Crippen molar-refractivity contribution in [3.63, 3.8) is 0 Å². The first kappa shape index (κ1) is 17.1. The van der Waals surface area contributed by atoms with E-state index in [-0.39, 0.29) is 30.0 Å². The molecule has 2 rings (SSSR count). The summed E-state index contributed by atoms with van der Waals surface area (Å²) in [4.78, 5) is 13.4. The SMILES string of the molecule is C=N/C(=C1/C=NC(Cl)=C(F)/C1=N/CCl)N1CCOCC(O)C1. The van der Waals surface area contributed by atoms with Gasteiger partial charge in [0.25, 0.3) is 0 Å². The van der Waals surface area contributed by atoms with E-state index in [4.69, 9.17) is 27.9 Å². The largest absolute Gasteiger partial charge is 0.389 e. The van der Waals surface area contributed by atoms with Crippen LogP contribution in [-0.4, -0.2) is 67.1 Å². The summed E-state index contributed by atoms with van der Waals surface area (Å²) in [6.07, 6.45) is 0.677. The minimum Gasteiger partial charge on any atom is -0.389 e. The lowest BCUT2D eigenvalue weighted by Crippen LogP contribution is -2.33. The molecule has 120 valence electrons. The maximum absolute atomic E-state index is 14.2. The Morgan fingerprint density at radius 1 is 1.64 bits per heavy atom. The molecule has 1 N–H and O–H groups in total. The summed E-state index contributed by atoms with van der Waals surface area (Å²) < 4.78 is 19.4. The highest BCUT2D eigenvalue weighted by Gasteiger charge is 2.27. The highest BCUT2D eigenvalue weighted by molar-refractivity contribution is 6.37. The van der Waals surface area contributed by atoms with Gasteiger partial charge in [0, 0.05) is 19.3 Å². The van der Waals surface area contributed by atoms with Gasteiger partial charge in [-0.3, -0.25) is 4.99 Å². The van der Waals surface area contributed by atoms with Crippen LogP contribution >= 0.6 is 23.2 Å². The number of alkyl halides is 1. The third-order valence-electron chi connectivity index (χ3n) is 3.11. The van der Waals surface area contributed by atoms with Gasteiger partial charge in [-0.25, -0.2) is 14.4 Å². The number of aliphatic imine (C=N–C) groups is 3. The van der Waals surface area contributed by atoms with Crippen molar-refractivity contribution < 1.29 is 14.2 Å². The summed E-state index contributed by atoms with van der Waals surface area (Å²) in [5.74, 6) is -0.427. The van der Waals surface area contributed by atoms with Gasteiger partial charge in [-0.05, 0) is 6.72 Å². The summed E-state index contributed by atoms with van der Waals surface area (Å²) >= 11 is 11.3. The first-order valence-electron chi connectivity index (χ1n) is 6.50. The summed E-state index contributed by atoms with van der Waals surface area (Å²) in [7, 11) is 0. The van der Waals surface area contributed by atoms with Crippen molar-refractivity contribution in [3.05, 3.63) is 22.4 Å². The molecule has 1 saturated heterocycles. The summed E-state index contributed by atoms with van der Waals surface area (Å²) in [5.41, 5.74) is 0.281. The number of β-amino-alcohol motifs (C(OH)–C–C–N with tert-alkyl or cyclic N) is 1. The van der Waals surface area contributed by atoms with Crippen LogP contribution < -0.4 is 0 Å². The molecule has 2 heterocycles. The van der Waals surface area contributed by atoms with E-state index in [9.17, 15) is 9.50 Å². The van der Waals surface area contributed by atoms with E-state index in [0.29, 0.717) is 24.5 Å². The Hall–Kier alpha value is -1.28. The minimum atomic E-state index is -0.771. The second-order valence-electron chi connectivity index (χ2n) is 4.56. The van der Waals surface area contributed by atoms with Crippen molar-refractivity contribution in [1.82, 2.24) is 4.90 Å². The van der Waals surface area contributed by atoms with Crippen LogP contribution in [0.15, 0.2) is 37.4 Å². The predicted molar refractivity (Wildman–Crippen MR) is 85.6 cm³/mol. The van der Waals surface area contributed by atoms with E-state index in [1.807, 2.05) is 0 Å². The molecule has 0 aliphatic carbocycles. The van der Waals surface area contributed by atoms with Gasteiger partial charge in [0.15, 0.2) is 11.0 Å². The monoisotopic (exact) mass is 348 g/mol. The maximum Gasteiger partial charge on any atom is 0.186 e. The van der Waals surface area contributed by atoms with E-state index < -0.39 is 11.9 Å². The number of halogens is 3. The number of nitrogens with zero attached hydrogens (tertiary/aromatic N) is 4. The first-order valence-corrected chi connectivity index (χ1v) is 7.42. The van der Waals surface area contributed by atoms with E-state index in [0.717, 1.165) is 0 Å². The van der Waals surface area contributed by atoms with Gasteiger partial charge >= 0.3 is 0 Å². The van der Waals surface area contributed by atoms with Crippen LogP contribution in [0.3, 0.4) is 0 Å². The van der Waals surface area contributed by atoms with Crippen molar-refractivity contribution >= 4 is 41.8 Å². The maximum atomic E-state index is 14.2. The smallest absolute Gasteiger partial charge is 0.186 e. The zero-order valence-electron chi connectivity index (χ0n) is 11.7. The van der Waals surface area contributed by atoms with E-state index in [1.54, 1.807) is 4.90 Å². The van der Waals surface area contributed by atoms with Crippen molar-refractivity contribution in [2.75, 3.05) is 32.3 Å². The average Bonchev–Trinajstić information content (AvgIpc) is 2.71. The number of ether oxygens (including phenoxy) is 1. The lowest BCUT2D eigenvalue weighted by Gasteiger charge is -2.26. The van der Waals surface area contributed by atoms with E-state index in [2.05, 4.69) is 21.7 Å². The number of rotatable bonds is 3. The van der Waals surface area contributed by atoms with Crippen LogP contribution in [0, 0.1) is 0 Å². The number of allylic oxidation sites excluding steroid dienone is 2. The molecule has 1 unspecified atom stereocenters. The third-order valence-corrected chi connectivity index (χ3v) is 3.49. The van der Waals surface area contributed by atoms with Crippen LogP contribution in [0.2, 0.25) is 0 Å². The van der Waals surface area contributed by atoms with Gasteiger partial charge in [0.05, 0.1) is 24.9 Å². The number of aliphatic hydroxyl groups is 1. The van der Waals surface area contributed by atoms with Gasteiger partial charge in [0.2, 0.25) is 0 Å². The molecule has 9 heteroatoms. The molecule has 0 spiro atoms. The normalized spacial score (nSPS) is 27.2. The highest BCUT2D eigenvalue weighted by atomic mass is 35.5. The van der Waals surface area contributed by atoms with Crippen molar-refractivity contribution in [3.8, 4) is 0 Å². The molecule has 1 fully saturated rings. The van der Waals surface area contributed by atoms with Crippen molar-refractivity contribution in [2.24, 2.45) is 15.0 Å². The molecule has 0 aromatic heterocycles. The van der Waals surface area contributed by atoms with E-state index >= 15 is 0 Å². The molecule has 6 nitrogen and oxygen atoms in total. The fourth-order valence-electron chi connectivity index (χ4n) is 2.17. The van der Waals surface area contributed by atoms with Gasteiger partial charge < -0.3 is 14.7 Å². The lowest BCUT2D eigenvalue weighted by atomic mass is 10.1. The van der Waals surface area contributed by atoms with Crippen LogP contribution in [-0.2, 0) is 4.74 Å². The minimum absolute atomic E-state index is 0.0305. The summed E-state index contributed by atoms with van der Waals surface area (Å²) in [6.45, 7) is 4.89. The molecule has 22 heavy (non-hydrogen) atoms. The lowest BCUT2D eigenvalue weighted by molar-refractivity contribution is 0.0574. The molecular formula is C13H15Cl2FN4O2. The van der Waals surface area contributed by atoms with Crippen molar-refractivity contribution in [2.45, 2.75) is 6.10 Å². The Kier molecular flexibility index (Phi) is 6.07. The third kappa shape index (κ3) is 3.73. The quantitative estimate of drug-likeness (QED) is 0.479. The summed E-state index contributed by atoms with van der Waals surface area (Å²) in [5, 5.41) is 9.53. The zero-order chi connectivity index (χ0) is 16.1. The molecule has 0 aromatic carbocycles. The molecule has 2 aliphatic heterocycles. The first-order chi connectivity index (χ1) is 10.6. The van der Waals surface area contributed by atoms with E-state index in [1.165, 1.54) is 6.21 Å². The van der Waals surface area contributed by atoms with Crippen LogP contribution in [0.5, 0.6) is 0 Å². The van der Waals surface area contributed by atoms with Gasteiger partial charge in [-0.15, -0.1) is 11.6 Å². The Morgan fingerprint density at radius 3 is 3.09 bits per heavy atom. The second kappa shape index (κ2) is 7.82. The fraction of sp³-hybridized carbons (Fsp3) is 0.462. The number of hydrogen-bond acceptors (Lipinski definition) is 6. The number of hydrogen-bond donors (Lipinski definition) is 1. The highest BCUT2D eigenvalue weighted by Crippen LogP contribution is 2.26. The Morgan fingerprint density at radius 2 is 2.41 bits per heavy atom. The molecule has 1 atom stereocenters. The molecule has 0 saturated carbocycles. The van der Waals surface area contributed by atoms with Crippen molar-refractivity contribution in [1.29, 1.82) is 0 Å². The van der Waals surface area contributed by atoms with Gasteiger partial charge in [-0.1, -0.05) is 11.6 Å². The van der Waals surface area contributed by atoms with Crippen LogP contribution in [0.1, 0.15) is 0 Å². The van der Waals surface area contributed by atoms with Gasteiger partial charge in [0.1, 0.15) is 17.5 Å². The summed E-state index contributed by atoms with van der Waals surface area (Å²) in [6, 6.07) is -0.138. The number of aliphatic hydroxyl groups excluding tert-OH is 1. The molecule has 0 amide bonds. The molecule has 0 aromatic rings.